The molecule has 1 unspecified atom stereocenters. The number of hydrogen-bond donors (Lipinski definition) is 2. The van der Waals surface area contributed by atoms with Crippen LogP contribution < -0.4 is 5.73 Å². The smallest absolute Gasteiger partial charge is 0.304 e. The number of rotatable bonds is 2. The normalized spacial score (nSPS) is 19.3. The number of aliphatic carboxylic acids is 1. The van der Waals surface area contributed by atoms with E-state index in [1.54, 1.807) is 6.20 Å². The van der Waals surface area contributed by atoms with Crippen LogP contribution in [-0.2, 0) is 11.2 Å². The van der Waals surface area contributed by atoms with E-state index in [-0.39, 0.29) is 18.3 Å². The second kappa shape index (κ2) is 3.25. The minimum atomic E-state index is -0.792. The second-order valence-corrected chi connectivity index (χ2v) is 3.47. The molecule has 0 radical (unpaired) electrons. The zero-order valence-corrected chi connectivity index (χ0v) is 7.60. The number of carboxylic acids is 1. The Morgan fingerprint density at radius 1 is 1.71 bits per heavy atom. The molecule has 1 aliphatic rings. The average Bonchev–Trinajstić information content (AvgIpc) is 2.47. The molecule has 0 saturated heterocycles. The lowest BCUT2D eigenvalue weighted by Gasteiger charge is -2.06. The Balaban J connectivity index is 2.28. The first kappa shape index (κ1) is 8.93. The Kier molecular flexibility index (Phi) is 2.07. The van der Waals surface area contributed by atoms with E-state index >= 15 is 0 Å². The molecule has 0 saturated carbocycles. The van der Waals surface area contributed by atoms with Crippen molar-refractivity contribution in [1.29, 1.82) is 0 Å². The fraction of sp³-hybridized carbons (Fsp3) is 0.444. The lowest BCUT2D eigenvalue weighted by Crippen LogP contribution is -2.06. The van der Waals surface area contributed by atoms with Gasteiger partial charge in [0, 0.05) is 12.1 Å². The lowest BCUT2D eigenvalue weighted by atomic mass is 10.0. The number of nitrogens with two attached hydrogens (primary N) is 1. The predicted octanol–water partition coefficient (Wildman–Crippen LogP) is 0.563. The highest BCUT2D eigenvalue weighted by Gasteiger charge is 2.26. The van der Waals surface area contributed by atoms with Crippen molar-refractivity contribution in [2.75, 3.05) is 5.73 Å². The first-order valence-electron chi connectivity index (χ1n) is 4.50. The molecule has 1 heterocycles. The van der Waals surface area contributed by atoms with Gasteiger partial charge in [-0.05, 0) is 18.4 Å². The van der Waals surface area contributed by atoms with Crippen LogP contribution in [0.15, 0.2) is 6.20 Å². The monoisotopic (exact) mass is 193 g/mol. The van der Waals surface area contributed by atoms with Crippen molar-refractivity contribution in [2.24, 2.45) is 0 Å². The van der Waals surface area contributed by atoms with Crippen LogP contribution in [0.3, 0.4) is 0 Å². The summed E-state index contributed by atoms with van der Waals surface area (Å²) in [4.78, 5) is 18.6. The van der Waals surface area contributed by atoms with Gasteiger partial charge < -0.3 is 10.8 Å². The zero-order chi connectivity index (χ0) is 10.1. The maximum absolute atomic E-state index is 10.6. The molecule has 1 aliphatic carbocycles. The third kappa shape index (κ3) is 1.53. The SMILES string of the molecule is Nc1ncc2c(n1)C(CC(=O)O)CC2. The van der Waals surface area contributed by atoms with Crippen LogP contribution in [0.1, 0.15) is 30.0 Å². The van der Waals surface area contributed by atoms with Crippen LogP contribution in [-0.4, -0.2) is 21.0 Å². The molecule has 1 atom stereocenters. The summed E-state index contributed by atoms with van der Waals surface area (Å²) in [7, 11) is 0. The third-order valence-electron chi connectivity index (χ3n) is 2.49. The molecule has 14 heavy (non-hydrogen) atoms. The van der Waals surface area contributed by atoms with Crippen molar-refractivity contribution in [2.45, 2.75) is 25.2 Å². The molecule has 0 fully saturated rings. The van der Waals surface area contributed by atoms with E-state index in [0.29, 0.717) is 0 Å². The highest BCUT2D eigenvalue weighted by atomic mass is 16.4. The summed E-state index contributed by atoms with van der Waals surface area (Å²) in [5, 5.41) is 8.69. The second-order valence-electron chi connectivity index (χ2n) is 3.47. The summed E-state index contributed by atoms with van der Waals surface area (Å²) in [5.74, 6) is -0.561. The van der Waals surface area contributed by atoms with E-state index in [1.807, 2.05) is 0 Å². The molecule has 2 rings (SSSR count). The van der Waals surface area contributed by atoms with Gasteiger partial charge in [-0.2, -0.15) is 0 Å². The molecule has 0 aromatic carbocycles. The van der Waals surface area contributed by atoms with E-state index in [1.165, 1.54) is 0 Å². The van der Waals surface area contributed by atoms with Crippen molar-refractivity contribution in [1.82, 2.24) is 9.97 Å². The van der Waals surface area contributed by atoms with Gasteiger partial charge in [0.25, 0.3) is 0 Å². The number of aryl methyl sites for hydroxylation is 1. The van der Waals surface area contributed by atoms with Gasteiger partial charge in [-0.1, -0.05) is 0 Å². The molecular formula is C9H11N3O2. The fourth-order valence-electron chi connectivity index (χ4n) is 1.86. The summed E-state index contributed by atoms with van der Waals surface area (Å²) >= 11 is 0. The van der Waals surface area contributed by atoms with E-state index in [2.05, 4.69) is 9.97 Å². The largest absolute Gasteiger partial charge is 0.481 e. The molecule has 0 aliphatic heterocycles. The summed E-state index contributed by atoms with van der Waals surface area (Å²) in [5.41, 5.74) is 7.31. The lowest BCUT2D eigenvalue weighted by molar-refractivity contribution is -0.137. The van der Waals surface area contributed by atoms with Gasteiger partial charge >= 0.3 is 5.97 Å². The number of hydrogen-bond acceptors (Lipinski definition) is 4. The molecule has 5 heteroatoms. The number of anilines is 1. The summed E-state index contributed by atoms with van der Waals surface area (Å²) < 4.78 is 0. The Morgan fingerprint density at radius 2 is 2.50 bits per heavy atom. The van der Waals surface area contributed by atoms with Crippen LogP contribution >= 0.6 is 0 Å². The van der Waals surface area contributed by atoms with Crippen molar-refractivity contribution in [3.8, 4) is 0 Å². The number of carboxylic acid groups (broad SMARTS) is 1. The average molecular weight is 193 g/mol. The topological polar surface area (TPSA) is 89.1 Å². The van der Waals surface area contributed by atoms with Gasteiger partial charge in [0.2, 0.25) is 5.95 Å². The Labute approximate surface area is 81.0 Å². The van der Waals surface area contributed by atoms with E-state index in [9.17, 15) is 4.79 Å². The van der Waals surface area contributed by atoms with Gasteiger partial charge in [0.15, 0.2) is 0 Å². The Hall–Kier alpha value is -1.65. The van der Waals surface area contributed by atoms with Gasteiger partial charge in [0.05, 0.1) is 12.1 Å². The van der Waals surface area contributed by atoms with E-state index in [4.69, 9.17) is 10.8 Å². The standard InChI is InChI=1S/C9H11N3O2/c10-9-11-4-6-2-1-5(3-7(13)14)8(6)12-9/h4-5H,1-3H2,(H,13,14)(H2,10,11,12). The Morgan fingerprint density at radius 3 is 3.21 bits per heavy atom. The number of aromatic nitrogens is 2. The molecule has 0 bridgehead atoms. The van der Waals surface area contributed by atoms with Crippen molar-refractivity contribution in [3.05, 3.63) is 17.5 Å². The van der Waals surface area contributed by atoms with Gasteiger partial charge in [-0.3, -0.25) is 4.79 Å². The van der Waals surface area contributed by atoms with Crippen LogP contribution in [0.5, 0.6) is 0 Å². The van der Waals surface area contributed by atoms with E-state index in [0.717, 1.165) is 24.1 Å². The highest BCUT2D eigenvalue weighted by Crippen LogP contribution is 2.33. The first-order chi connectivity index (χ1) is 6.66. The molecule has 3 N–H and O–H groups in total. The molecule has 5 nitrogen and oxygen atoms in total. The summed E-state index contributed by atoms with van der Waals surface area (Å²) in [6.07, 6.45) is 3.51. The first-order valence-corrected chi connectivity index (χ1v) is 4.50. The predicted molar refractivity (Wildman–Crippen MR) is 49.8 cm³/mol. The number of carbonyl (C=O) groups is 1. The summed E-state index contributed by atoms with van der Waals surface area (Å²) in [6.45, 7) is 0. The molecule has 1 aromatic heterocycles. The van der Waals surface area contributed by atoms with Crippen LogP contribution in [0, 0.1) is 0 Å². The quantitative estimate of drug-likeness (QED) is 0.716. The van der Waals surface area contributed by atoms with Gasteiger partial charge in [-0.15, -0.1) is 0 Å². The van der Waals surface area contributed by atoms with Crippen LogP contribution in [0.25, 0.3) is 0 Å². The van der Waals surface area contributed by atoms with Gasteiger partial charge in [-0.25, -0.2) is 9.97 Å². The van der Waals surface area contributed by atoms with Crippen LogP contribution in [0.4, 0.5) is 5.95 Å². The molecule has 1 aromatic rings. The molecule has 0 spiro atoms. The number of fused-ring (bicyclic) bond motifs is 1. The maximum Gasteiger partial charge on any atom is 0.304 e. The summed E-state index contributed by atoms with van der Waals surface area (Å²) in [6, 6.07) is 0. The highest BCUT2D eigenvalue weighted by molar-refractivity contribution is 5.68. The third-order valence-corrected chi connectivity index (χ3v) is 2.49. The van der Waals surface area contributed by atoms with Crippen molar-refractivity contribution >= 4 is 11.9 Å². The van der Waals surface area contributed by atoms with Gasteiger partial charge in [0.1, 0.15) is 0 Å². The molecule has 0 amide bonds. The number of nitrogens with zero attached hydrogens (tertiary/aromatic N) is 2. The van der Waals surface area contributed by atoms with E-state index < -0.39 is 5.97 Å². The maximum atomic E-state index is 10.6. The fourth-order valence-corrected chi connectivity index (χ4v) is 1.86. The minimum Gasteiger partial charge on any atom is -0.481 e. The molecular weight excluding hydrogens is 182 g/mol. The molecule has 74 valence electrons. The minimum absolute atomic E-state index is 0.00722. The van der Waals surface area contributed by atoms with Crippen molar-refractivity contribution < 1.29 is 9.90 Å². The Bertz CT molecular complexity index is 378. The van der Waals surface area contributed by atoms with Crippen molar-refractivity contribution in [3.63, 3.8) is 0 Å². The van der Waals surface area contributed by atoms with Crippen LogP contribution in [0.2, 0.25) is 0 Å². The number of nitrogen functional groups attached to an aromatic ring is 1. The zero-order valence-electron chi connectivity index (χ0n) is 7.60.